The predicted octanol–water partition coefficient (Wildman–Crippen LogP) is -0.697. The van der Waals surface area contributed by atoms with Crippen molar-refractivity contribution in [1.29, 1.82) is 0 Å². The highest BCUT2D eigenvalue weighted by molar-refractivity contribution is 5.91. The fourth-order valence-corrected chi connectivity index (χ4v) is 2.51. The van der Waals surface area contributed by atoms with Crippen molar-refractivity contribution in [3.05, 3.63) is 16.7 Å². The van der Waals surface area contributed by atoms with Crippen LogP contribution in [-0.4, -0.2) is 60.6 Å². The van der Waals surface area contributed by atoms with E-state index in [0.717, 1.165) is 10.9 Å². The Balaban J connectivity index is 2.01. The van der Waals surface area contributed by atoms with Gasteiger partial charge in [-0.25, -0.2) is 9.37 Å². The predicted molar refractivity (Wildman–Crippen MR) is 83.5 cm³/mol. The van der Waals surface area contributed by atoms with E-state index in [1.165, 1.54) is 0 Å². The molecule has 25 heavy (non-hydrogen) atoms. The number of carbonyl (C=O) groups excluding carboxylic acids is 1. The number of hydrogen-bond acceptors (Lipinski definition) is 7. The number of H-pyrrole nitrogens is 1. The number of nitrogens with zero attached hydrogens (tertiary/aromatic N) is 3. The molecular formula is C14H18FN5O5. The summed E-state index contributed by atoms with van der Waals surface area (Å²) in [6.07, 6.45) is -4.61. The van der Waals surface area contributed by atoms with Crippen LogP contribution in [0.1, 0.15) is 20.1 Å². The number of hydrogen-bond donors (Lipinski definition) is 4. The van der Waals surface area contributed by atoms with Gasteiger partial charge in [-0.15, -0.1) is 0 Å². The first-order valence-corrected chi connectivity index (χ1v) is 7.69. The van der Waals surface area contributed by atoms with Gasteiger partial charge in [0.1, 0.15) is 12.2 Å². The molecule has 0 bridgehead atoms. The van der Waals surface area contributed by atoms with Crippen LogP contribution in [0.25, 0.3) is 11.2 Å². The second-order valence-corrected chi connectivity index (χ2v) is 6.07. The van der Waals surface area contributed by atoms with Crippen LogP contribution in [-0.2, 0) is 9.53 Å². The smallest absolute Gasteiger partial charge is 0.280 e. The molecule has 0 radical (unpaired) electrons. The van der Waals surface area contributed by atoms with Crippen LogP contribution in [0.15, 0.2) is 11.1 Å². The molecule has 2 aromatic rings. The lowest BCUT2D eigenvalue weighted by atomic mass is 10.1. The molecule has 1 fully saturated rings. The summed E-state index contributed by atoms with van der Waals surface area (Å²) in [5.74, 6) is -0.796. The van der Waals surface area contributed by atoms with Gasteiger partial charge in [0.15, 0.2) is 23.6 Å². The molecule has 10 nitrogen and oxygen atoms in total. The third-order valence-electron chi connectivity index (χ3n) is 3.95. The highest BCUT2D eigenvalue weighted by atomic mass is 19.1. The molecule has 0 aromatic carbocycles. The summed E-state index contributed by atoms with van der Waals surface area (Å²) in [5, 5.41) is 21.3. The van der Waals surface area contributed by atoms with Crippen molar-refractivity contribution in [2.45, 2.75) is 38.5 Å². The quantitative estimate of drug-likeness (QED) is 0.568. The lowest BCUT2D eigenvalue weighted by Gasteiger charge is -2.15. The molecular weight excluding hydrogens is 337 g/mol. The maximum Gasteiger partial charge on any atom is 0.280 e. The lowest BCUT2D eigenvalue weighted by Crippen LogP contribution is -2.30. The zero-order chi connectivity index (χ0) is 18.3. The van der Waals surface area contributed by atoms with Gasteiger partial charge in [-0.2, -0.15) is 4.98 Å². The maximum absolute atomic E-state index is 14.3. The van der Waals surface area contributed by atoms with Gasteiger partial charge in [-0.1, -0.05) is 13.8 Å². The van der Waals surface area contributed by atoms with Gasteiger partial charge in [0.25, 0.3) is 5.56 Å². The maximum atomic E-state index is 14.3. The van der Waals surface area contributed by atoms with E-state index in [1.54, 1.807) is 13.8 Å². The number of aliphatic hydroxyl groups excluding tert-OH is 2. The van der Waals surface area contributed by atoms with Gasteiger partial charge in [0, 0.05) is 5.92 Å². The molecule has 11 heteroatoms. The van der Waals surface area contributed by atoms with Gasteiger partial charge in [0.05, 0.1) is 12.9 Å². The van der Waals surface area contributed by atoms with E-state index in [2.05, 4.69) is 20.3 Å². The molecule has 1 aliphatic heterocycles. The van der Waals surface area contributed by atoms with Crippen molar-refractivity contribution in [3.8, 4) is 0 Å². The fraction of sp³-hybridized carbons (Fsp3) is 0.571. The first kappa shape index (κ1) is 17.5. The molecule has 1 aliphatic rings. The van der Waals surface area contributed by atoms with Gasteiger partial charge in [0.2, 0.25) is 11.9 Å². The molecule has 1 amide bonds. The summed E-state index contributed by atoms with van der Waals surface area (Å²) >= 11 is 0. The van der Waals surface area contributed by atoms with Crippen LogP contribution in [0, 0.1) is 5.92 Å². The number of halogens is 1. The number of alkyl halides is 1. The number of nitrogens with one attached hydrogen (secondary N) is 2. The zero-order valence-corrected chi connectivity index (χ0v) is 13.5. The molecule has 0 saturated carbocycles. The molecule has 0 aliphatic carbocycles. The van der Waals surface area contributed by atoms with Crippen molar-refractivity contribution in [2.75, 3.05) is 11.9 Å². The summed E-state index contributed by atoms with van der Waals surface area (Å²) in [6.45, 7) is 2.79. The minimum atomic E-state index is -1.84. The number of aliphatic hydroxyl groups is 2. The number of imidazole rings is 1. The van der Waals surface area contributed by atoms with E-state index in [9.17, 15) is 19.1 Å². The Hall–Kier alpha value is -2.37. The molecule has 0 spiro atoms. The third-order valence-corrected chi connectivity index (χ3v) is 3.95. The Bertz CT molecular complexity index is 850. The molecule has 3 heterocycles. The van der Waals surface area contributed by atoms with Crippen molar-refractivity contribution < 1.29 is 24.1 Å². The summed E-state index contributed by atoms with van der Waals surface area (Å²) in [7, 11) is 0. The first-order valence-electron chi connectivity index (χ1n) is 7.69. The van der Waals surface area contributed by atoms with E-state index < -0.39 is 36.8 Å². The zero-order valence-electron chi connectivity index (χ0n) is 13.5. The Morgan fingerprint density at radius 3 is 2.88 bits per heavy atom. The van der Waals surface area contributed by atoms with E-state index in [-0.39, 0.29) is 28.9 Å². The van der Waals surface area contributed by atoms with E-state index in [0.29, 0.717) is 0 Å². The molecule has 4 N–H and O–H groups in total. The fourth-order valence-electron chi connectivity index (χ4n) is 2.51. The van der Waals surface area contributed by atoms with Crippen LogP contribution in [0.5, 0.6) is 0 Å². The Morgan fingerprint density at radius 2 is 2.28 bits per heavy atom. The summed E-state index contributed by atoms with van der Waals surface area (Å²) < 4.78 is 20.8. The van der Waals surface area contributed by atoms with Crippen molar-refractivity contribution in [1.82, 2.24) is 19.5 Å². The topological polar surface area (TPSA) is 142 Å². The average molecular weight is 355 g/mol. The number of aromatic amines is 1. The Morgan fingerprint density at radius 1 is 1.56 bits per heavy atom. The highest BCUT2D eigenvalue weighted by Gasteiger charge is 2.45. The lowest BCUT2D eigenvalue weighted by molar-refractivity contribution is -0.118. The molecule has 3 rings (SSSR count). The minimum Gasteiger partial charge on any atom is -0.394 e. The molecule has 2 aromatic heterocycles. The number of ether oxygens (including phenoxy) is 1. The monoisotopic (exact) mass is 355 g/mol. The highest BCUT2D eigenvalue weighted by Crippen LogP contribution is 2.33. The van der Waals surface area contributed by atoms with Crippen LogP contribution in [0.4, 0.5) is 10.3 Å². The molecule has 136 valence electrons. The second kappa shape index (κ2) is 6.50. The molecule has 1 unspecified atom stereocenters. The summed E-state index contributed by atoms with van der Waals surface area (Å²) in [4.78, 5) is 34.2. The number of fused-ring (bicyclic) bond motifs is 1. The number of amides is 1. The average Bonchev–Trinajstić information content (AvgIpc) is 3.10. The van der Waals surface area contributed by atoms with Crippen LogP contribution in [0.2, 0.25) is 0 Å². The van der Waals surface area contributed by atoms with Gasteiger partial charge in [-0.05, 0) is 0 Å². The minimum absolute atomic E-state index is 0.0127. The normalized spacial score (nSPS) is 26.5. The van der Waals surface area contributed by atoms with Gasteiger partial charge >= 0.3 is 0 Å². The largest absolute Gasteiger partial charge is 0.394 e. The van der Waals surface area contributed by atoms with E-state index in [4.69, 9.17) is 9.84 Å². The Kier molecular flexibility index (Phi) is 4.54. The van der Waals surface area contributed by atoms with Crippen molar-refractivity contribution in [3.63, 3.8) is 0 Å². The standard InChI is InChI=1S/C14H18FN5O5/c1-5(2)11(23)18-14-17-10-8(12(24)19-14)16-4-20(10)13-7(15)9(22)6(3-21)25-13/h4-7,9,13,21-22H,3H2,1-2H3,(H2,17,18,19,23,24)/t6-,7-,9?,13-/m1/s1. The first-order chi connectivity index (χ1) is 11.8. The van der Waals surface area contributed by atoms with E-state index >= 15 is 0 Å². The molecule has 4 atom stereocenters. The van der Waals surface area contributed by atoms with Gasteiger partial charge < -0.3 is 14.9 Å². The van der Waals surface area contributed by atoms with Crippen molar-refractivity contribution >= 4 is 23.0 Å². The number of aromatic nitrogens is 4. The Labute approximate surface area is 140 Å². The second-order valence-electron chi connectivity index (χ2n) is 6.07. The third kappa shape index (κ3) is 3.01. The number of carbonyl (C=O) groups is 1. The SMILES string of the molecule is CC(C)C(=O)Nc1nc2c(ncn2[C@@H]2O[C@H](CO)C(O)[C@H]2F)c(=O)[nH]1. The number of rotatable bonds is 4. The number of anilines is 1. The van der Waals surface area contributed by atoms with Crippen LogP contribution >= 0.6 is 0 Å². The van der Waals surface area contributed by atoms with Crippen molar-refractivity contribution in [2.24, 2.45) is 5.92 Å². The van der Waals surface area contributed by atoms with E-state index in [1.807, 2.05) is 0 Å². The van der Waals surface area contributed by atoms with Crippen LogP contribution in [0.3, 0.4) is 0 Å². The van der Waals surface area contributed by atoms with Crippen LogP contribution < -0.4 is 10.9 Å². The van der Waals surface area contributed by atoms with Gasteiger partial charge in [-0.3, -0.25) is 24.5 Å². The summed E-state index contributed by atoms with van der Waals surface area (Å²) in [6, 6.07) is 0. The summed E-state index contributed by atoms with van der Waals surface area (Å²) in [5.41, 5.74) is -0.697. The molecule has 1 saturated heterocycles.